The van der Waals surface area contributed by atoms with E-state index in [1.165, 1.54) is 6.92 Å². The molecule has 30 heavy (non-hydrogen) atoms. The van der Waals surface area contributed by atoms with Crippen LogP contribution < -0.4 is 5.32 Å². The number of benzene rings is 2. The Balaban J connectivity index is 1.88. The molecule has 0 spiro atoms. The van der Waals surface area contributed by atoms with E-state index in [-0.39, 0.29) is 26.1 Å². The van der Waals surface area contributed by atoms with Gasteiger partial charge in [0.05, 0.1) is 0 Å². The second kappa shape index (κ2) is 12.5. The number of hydrogen-bond donors (Lipinski definition) is 1. The van der Waals surface area contributed by atoms with Crippen LogP contribution >= 0.6 is 11.6 Å². The largest absolute Gasteiger partial charge is 0.461 e. The summed E-state index contributed by atoms with van der Waals surface area (Å²) in [5, 5.41) is 2.39. The molecule has 2 unspecified atom stereocenters. The van der Waals surface area contributed by atoms with Crippen LogP contribution in [0.1, 0.15) is 30.9 Å². The molecule has 8 heteroatoms. The van der Waals surface area contributed by atoms with E-state index >= 15 is 0 Å². The van der Waals surface area contributed by atoms with Crippen molar-refractivity contribution < 1.29 is 28.6 Å². The van der Waals surface area contributed by atoms with Crippen molar-refractivity contribution >= 4 is 29.6 Å². The predicted octanol–water partition coefficient (Wildman–Crippen LogP) is 3.93. The average Bonchev–Trinajstić information content (AvgIpc) is 2.74. The third-order valence-electron chi connectivity index (χ3n) is 3.95. The molecule has 7 nitrogen and oxygen atoms in total. The van der Waals surface area contributed by atoms with Gasteiger partial charge in [0.15, 0.2) is 5.56 Å². The lowest BCUT2D eigenvalue weighted by molar-refractivity contribution is -0.149. The Hall–Kier alpha value is -3.06. The van der Waals surface area contributed by atoms with Crippen molar-refractivity contribution in [3.8, 4) is 0 Å². The maximum absolute atomic E-state index is 12.5. The number of alkyl carbamates (subject to hydrolysis) is 1. The van der Waals surface area contributed by atoms with Crippen LogP contribution in [0, 0.1) is 0 Å². The maximum atomic E-state index is 12.5. The highest BCUT2D eigenvalue weighted by molar-refractivity contribution is 6.19. The monoisotopic (exact) mass is 433 g/mol. The van der Waals surface area contributed by atoms with E-state index in [1.807, 2.05) is 48.5 Å². The van der Waals surface area contributed by atoms with Gasteiger partial charge < -0.3 is 19.5 Å². The van der Waals surface area contributed by atoms with Gasteiger partial charge in [0, 0.05) is 6.42 Å². The number of rotatable bonds is 10. The third kappa shape index (κ3) is 8.96. The molecule has 0 bridgehead atoms. The van der Waals surface area contributed by atoms with Crippen LogP contribution in [0.25, 0.3) is 0 Å². The van der Waals surface area contributed by atoms with Crippen molar-refractivity contribution in [3.63, 3.8) is 0 Å². The molecule has 160 valence electrons. The van der Waals surface area contributed by atoms with Crippen molar-refractivity contribution in [1.82, 2.24) is 5.32 Å². The number of carbonyl (C=O) groups is 3. The number of nitrogens with one attached hydrogen (secondary N) is 1. The topological polar surface area (TPSA) is 90.9 Å². The minimum atomic E-state index is -1.08. The third-order valence-corrected chi connectivity index (χ3v) is 4.04. The van der Waals surface area contributed by atoms with E-state index in [0.717, 1.165) is 11.1 Å². The SMILES string of the molecule is CC(Cl)OC(=O)NC(CCC(=O)OCc1ccccc1)C(=O)OCc1ccccc1. The lowest BCUT2D eigenvalue weighted by atomic mass is 10.1. The van der Waals surface area contributed by atoms with Gasteiger partial charge in [-0.1, -0.05) is 72.3 Å². The average molecular weight is 434 g/mol. The highest BCUT2D eigenvalue weighted by Crippen LogP contribution is 2.09. The summed E-state index contributed by atoms with van der Waals surface area (Å²) in [5.74, 6) is -1.19. The first-order chi connectivity index (χ1) is 14.4. The Morgan fingerprint density at radius 3 is 1.97 bits per heavy atom. The van der Waals surface area contributed by atoms with Crippen LogP contribution in [0.15, 0.2) is 60.7 Å². The molecule has 1 N–H and O–H groups in total. The van der Waals surface area contributed by atoms with E-state index in [2.05, 4.69) is 5.32 Å². The van der Waals surface area contributed by atoms with Gasteiger partial charge in [-0.25, -0.2) is 9.59 Å². The number of amides is 1. The molecule has 1 amide bonds. The predicted molar refractivity (Wildman–Crippen MR) is 110 cm³/mol. The fraction of sp³-hybridized carbons (Fsp3) is 0.318. The lowest BCUT2D eigenvalue weighted by Gasteiger charge is -2.18. The van der Waals surface area contributed by atoms with Gasteiger partial charge in [-0.3, -0.25) is 4.79 Å². The van der Waals surface area contributed by atoms with Crippen LogP contribution in [0.2, 0.25) is 0 Å². The molecule has 0 aliphatic carbocycles. The van der Waals surface area contributed by atoms with Crippen LogP contribution in [0.3, 0.4) is 0 Å². The Labute approximate surface area is 180 Å². The van der Waals surface area contributed by atoms with E-state index in [1.54, 1.807) is 12.1 Å². The molecular formula is C22H24ClNO6. The Kier molecular flexibility index (Phi) is 9.67. The summed E-state index contributed by atoms with van der Waals surface area (Å²) >= 11 is 5.63. The van der Waals surface area contributed by atoms with E-state index in [9.17, 15) is 14.4 Å². The molecule has 2 aromatic carbocycles. The number of halogens is 1. The minimum Gasteiger partial charge on any atom is -0.461 e. The van der Waals surface area contributed by atoms with Crippen LogP contribution in [-0.2, 0) is 37.0 Å². The number of alkyl halides is 1. The zero-order chi connectivity index (χ0) is 21.8. The highest BCUT2D eigenvalue weighted by Gasteiger charge is 2.25. The molecule has 2 aromatic rings. The van der Waals surface area contributed by atoms with Gasteiger partial charge in [0.2, 0.25) is 0 Å². The van der Waals surface area contributed by atoms with Gasteiger partial charge in [-0.05, 0) is 24.5 Å². The van der Waals surface area contributed by atoms with Crippen molar-refractivity contribution in [1.29, 1.82) is 0 Å². The normalized spacial score (nSPS) is 12.3. The summed E-state index contributed by atoms with van der Waals surface area (Å²) in [6.07, 6.45) is -0.974. The van der Waals surface area contributed by atoms with Gasteiger partial charge in [-0.15, -0.1) is 0 Å². The molecule has 0 aromatic heterocycles. The summed E-state index contributed by atoms with van der Waals surface area (Å²) in [6, 6.07) is 17.2. The van der Waals surface area contributed by atoms with Crippen molar-refractivity contribution in [2.45, 2.75) is 44.6 Å². The van der Waals surface area contributed by atoms with Gasteiger partial charge >= 0.3 is 18.0 Å². The van der Waals surface area contributed by atoms with Crippen molar-refractivity contribution in [2.24, 2.45) is 0 Å². The first-order valence-electron chi connectivity index (χ1n) is 9.45. The van der Waals surface area contributed by atoms with E-state index < -0.39 is 29.6 Å². The Morgan fingerprint density at radius 1 is 0.900 bits per heavy atom. The van der Waals surface area contributed by atoms with Crippen molar-refractivity contribution in [2.75, 3.05) is 0 Å². The molecule has 0 radical (unpaired) electrons. The van der Waals surface area contributed by atoms with Crippen LogP contribution in [0.5, 0.6) is 0 Å². The van der Waals surface area contributed by atoms with Gasteiger partial charge in [-0.2, -0.15) is 0 Å². The second-order valence-electron chi connectivity index (χ2n) is 6.42. The van der Waals surface area contributed by atoms with Gasteiger partial charge in [0.1, 0.15) is 19.3 Å². The molecule has 0 saturated carbocycles. The van der Waals surface area contributed by atoms with Crippen LogP contribution in [0.4, 0.5) is 4.79 Å². The fourth-order valence-corrected chi connectivity index (χ4v) is 2.56. The molecule has 2 rings (SSSR count). The first-order valence-corrected chi connectivity index (χ1v) is 9.89. The van der Waals surface area contributed by atoms with Crippen molar-refractivity contribution in [3.05, 3.63) is 71.8 Å². The number of hydrogen-bond acceptors (Lipinski definition) is 6. The maximum Gasteiger partial charge on any atom is 0.409 e. The molecule has 0 saturated heterocycles. The Bertz CT molecular complexity index is 813. The number of esters is 2. The molecule has 2 atom stereocenters. The highest BCUT2D eigenvalue weighted by atomic mass is 35.5. The zero-order valence-corrected chi connectivity index (χ0v) is 17.3. The molecule has 0 fully saturated rings. The van der Waals surface area contributed by atoms with E-state index in [0.29, 0.717) is 0 Å². The number of carbonyl (C=O) groups excluding carboxylic acids is 3. The smallest absolute Gasteiger partial charge is 0.409 e. The standard InChI is InChI=1S/C22H24ClNO6/c1-16(23)30-22(27)24-19(21(26)29-15-18-10-6-3-7-11-18)12-13-20(25)28-14-17-8-4-2-5-9-17/h2-11,16,19H,12-15H2,1H3,(H,24,27). The number of ether oxygens (including phenoxy) is 3. The summed E-state index contributed by atoms with van der Waals surface area (Å²) < 4.78 is 15.3. The fourth-order valence-electron chi connectivity index (χ4n) is 2.47. The first kappa shape index (κ1) is 23.2. The summed E-state index contributed by atoms with van der Waals surface area (Å²) in [6.45, 7) is 1.63. The summed E-state index contributed by atoms with van der Waals surface area (Å²) in [4.78, 5) is 36.4. The van der Waals surface area contributed by atoms with E-state index in [4.69, 9.17) is 25.8 Å². The Morgan fingerprint density at radius 2 is 1.43 bits per heavy atom. The lowest BCUT2D eigenvalue weighted by Crippen LogP contribution is -2.43. The molecule has 0 aliphatic rings. The van der Waals surface area contributed by atoms with Gasteiger partial charge in [0.25, 0.3) is 0 Å². The summed E-state index contributed by atoms with van der Waals surface area (Å²) in [7, 11) is 0. The zero-order valence-electron chi connectivity index (χ0n) is 16.6. The minimum absolute atomic E-state index is 0.00693. The molecule has 0 aliphatic heterocycles. The molecular weight excluding hydrogens is 410 g/mol. The molecule has 0 heterocycles. The van der Waals surface area contributed by atoms with Crippen LogP contribution in [-0.4, -0.2) is 29.6 Å². The quantitative estimate of drug-likeness (QED) is 0.347. The second-order valence-corrected chi connectivity index (χ2v) is 7.04. The summed E-state index contributed by atoms with van der Waals surface area (Å²) in [5.41, 5.74) is 0.771.